The van der Waals surface area contributed by atoms with Gasteiger partial charge in [0.05, 0.1) is 7.11 Å². The quantitative estimate of drug-likeness (QED) is 0.817. The summed E-state index contributed by atoms with van der Waals surface area (Å²) in [6, 6.07) is 10.8. The maximum Gasteiger partial charge on any atom is 0.170 e. The van der Waals surface area contributed by atoms with E-state index < -0.39 is 0 Å². The summed E-state index contributed by atoms with van der Waals surface area (Å²) in [5.41, 5.74) is 1.00. The molecule has 1 aliphatic carbocycles. The lowest BCUT2D eigenvalue weighted by atomic mass is 9.81. The molecule has 0 spiro atoms. The summed E-state index contributed by atoms with van der Waals surface area (Å²) in [6.45, 7) is 0. The van der Waals surface area contributed by atoms with Crippen LogP contribution in [-0.4, -0.2) is 41.3 Å². The van der Waals surface area contributed by atoms with E-state index in [1.807, 2.05) is 24.3 Å². The Hall–Kier alpha value is -1.33. The predicted molar refractivity (Wildman–Crippen MR) is 102 cm³/mol. The summed E-state index contributed by atoms with van der Waals surface area (Å²) in [5.74, 6) is 0.861. The number of nitrogens with one attached hydrogen (secondary N) is 2. The maximum absolute atomic E-state index is 5.54. The largest absolute Gasteiger partial charge is 0.497 e. The Balaban J connectivity index is 1.32. The molecule has 1 unspecified atom stereocenters. The van der Waals surface area contributed by atoms with Crippen molar-refractivity contribution in [3.05, 3.63) is 24.3 Å². The Morgan fingerprint density at radius 3 is 2.29 bits per heavy atom. The van der Waals surface area contributed by atoms with Crippen molar-refractivity contribution in [1.82, 2.24) is 10.2 Å². The van der Waals surface area contributed by atoms with Gasteiger partial charge in [-0.3, -0.25) is 4.90 Å². The SMILES string of the molecule is COc1ccc(NC(=S)NC2C[C@H]3CCC[C@@H](C2)N3C2CC2)cc1. The van der Waals surface area contributed by atoms with E-state index in [0.717, 1.165) is 34.7 Å². The smallest absolute Gasteiger partial charge is 0.170 e. The van der Waals surface area contributed by atoms with Gasteiger partial charge in [0.25, 0.3) is 0 Å². The van der Waals surface area contributed by atoms with Crippen LogP contribution in [0.25, 0.3) is 0 Å². The number of benzene rings is 1. The summed E-state index contributed by atoms with van der Waals surface area (Å²) in [6.07, 6.45) is 9.44. The number of ether oxygens (including phenoxy) is 1. The van der Waals surface area contributed by atoms with E-state index in [9.17, 15) is 0 Å². The van der Waals surface area contributed by atoms with E-state index in [1.54, 1.807) is 7.11 Å². The topological polar surface area (TPSA) is 36.5 Å². The number of nitrogens with zero attached hydrogens (tertiary/aromatic N) is 1. The van der Waals surface area contributed by atoms with Gasteiger partial charge in [0.15, 0.2) is 5.11 Å². The molecule has 2 aliphatic heterocycles. The first-order valence-corrected chi connectivity index (χ1v) is 9.63. The number of hydrogen-bond donors (Lipinski definition) is 2. The molecule has 1 aromatic rings. The van der Waals surface area contributed by atoms with Gasteiger partial charge in [-0.05, 0) is 75.0 Å². The molecular weight excluding hydrogens is 318 g/mol. The van der Waals surface area contributed by atoms with Crippen molar-refractivity contribution >= 4 is 23.0 Å². The first kappa shape index (κ1) is 16.2. The first-order valence-electron chi connectivity index (χ1n) is 9.22. The maximum atomic E-state index is 5.54. The minimum atomic E-state index is 0.508. The van der Waals surface area contributed by atoms with Crippen LogP contribution in [-0.2, 0) is 0 Å². The molecule has 2 N–H and O–H groups in total. The van der Waals surface area contributed by atoms with Crippen molar-refractivity contribution in [2.45, 2.75) is 69.1 Å². The second-order valence-electron chi connectivity index (χ2n) is 7.41. The summed E-state index contributed by atoms with van der Waals surface area (Å²) in [4.78, 5) is 2.85. The predicted octanol–water partition coefficient (Wildman–Crippen LogP) is 3.53. The third-order valence-electron chi connectivity index (χ3n) is 5.68. The fraction of sp³-hybridized carbons (Fsp3) is 0.632. The summed E-state index contributed by atoms with van der Waals surface area (Å²) in [5, 5.41) is 7.61. The second kappa shape index (κ2) is 6.89. The highest BCUT2D eigenvalue weighted by atomic mass is 32.1. The van der Waals surface area contributed by atoms with E-state index in [1.165, 1.54) is 44.9 Å². The highest BCUT2D eigenvalue weighted by molar-refractivity contribution is 7.80. The third kappa shape index (κ3) is 3.52. The van der Waals surface area contributed by atoms with Crippen LogP contribution in [0.1, 0.15) is 44.9 Å². The van der Waals surface area contributed by atoms with E-state index in [-0.39, 0.29) is 0 Å². The molecule has 2 bridgehead atoms. The fourth-order valence-electron chi connectivity index (χ4n) is 4.53. The summed E-state index contributed by atoms with van der Waals surface area (Å²) >= 11 is 5.54. The lowest BCUT2D eigenvalue weighted by Crippen LogP contribution is -2.57. The summed E-state index contributed by atoms with van der Waals surface area (Å²) in [7, 11) is 1.68. The molecule has 1 aromatic carbocycles. The molecule has 4 rings (SSSR count). The Morgan fingerprint density at radius 1 is 1.04 bits per heavy atom. The van der Waals surface area contributed by atoms with Crippen molar-refractivity contribution < 1.29 is 4.74 Å². The van der Waals surface area contributed by atoms with Crippen molar-refractivity contribution in [2.24, 2.45) is 0 Å². The lowest BCUT2D eigenvalue weighted by molar-refractivity contribution is 0.0209. The Kier molecular flexibility index (Phi) is 4.63. The van der Waals surface area contributed by atoms with Gasteiger partial charge in [0.1, 0.15) is 5.75 Å². The van der Waals surface area contributed by atoms with Gasteiger partial charge in [-0.25, -0.2) is 0 Å². The number of anilines is 1. The van der Waals surface area contributed by atoms with Gasteiger partial charge in [-0.15, -0.1) is 0 Å². The molecular formula is C19H27N3OS. The molecule has 3 aliphatic rings. The number of thiocarbonyl (C=S) groups is 1. The molecule has 2 saturated heterocycles. The van der Waals surface area contributed by atoms with Crippen LogP contribution in [0.3, 0.4) is 0 Å². The van der Waals surface area contributed by atoms with Crippen LogP contribution < -0.4 is 15.4 Å². The zero-order valence-electron chi connectivity index (χ0n) is 14.3. The molecule has 3 fully saturated rings. The van der Waals surface area contributed by atoms with E-state index in [2.05, 4.69) is 15.5 Å². The molecule has 24 heavy (non-hydrogen) atoms. The van der Waals surface area contributed by atoms with Crippen LogP contribution in [0.5, 0.6) is 5.75 Å². The number of methoxy groups -OCH3 is 1. The van der Waals surface area contributed by atoms with Crippen LogP contribution in [0.4, 0.5) is 5.69 Å². The number of hydrogen-bond acceptors (Lipinski definition) is 3. The monoisotopic (exact) mass is 345 g/mol. The van der Waals surface area contributed by atoms with Crippen LogP contribution >= 0.6 is 12.2 Å². The minimum absolute atomic E-state index is 0.508. The van der Waals surface area contributed by atoms with E-state index in [0.29, 0.717) is 6.04 Å². The van der Waals surface area contributed by atoms with Gasteiger partial charge in [-0.2, -0.15) is 0 Å². The zero-order valence-corrected chi connectivity index (χ0v) is 15.1. The minimum Gasteiger partial charge on any atom is -0.497 e. The Bertz CT molecular complexity index is 573. The molecule has 130 valence electrons. The van der Waals surface area contributed by atoms with Gasteiger partial charge < -0.3 is 15.4 Å². The van der Waals surface area contributed by atoms with Gasteiger partial charge in [0, 0.05) is 29.9 Å². The number of rotatable bonds is 4. The average molecular weight is 346 g/mol. The first-order chi connectivity index (χ1) is 11.7. The molecule has 2 heterocycles. The van der Waals surface area contributed by atoms with Crippen molar-refractivity contribution in [3.8, 4) is 5.75 Å². The summed E-state index contributed by atoms with van der Waals surface area (Å²) < 4.78 is 5.19. The van der Waals surface area contributed by atoms with Crippen LogP contribution in [0.2, 0.25) is 0 Å². The average Bonchev–Trinajstić information content (AvgIpc) is 3.39. The number of piperidine rings is 2. The van der Waals surface area contributed by atoms with Gasteiger partial charge in [0.2, 0.25) is 0 Å². The second-order valence-corrected chi connectivity index (χ2v) is 7.82. The molecule has 5 heteroatoms. The molecule has 0 radical (unpaired) electrons. The van der Waals surface area contributed by atoms with Crippen molar-refractivity contribution in [1.29, 1.82) is 0 Å². The highest BCUT2D eigenvalue weighted by Crippen LogP contribution is 2.41. The van der Waals surface area contributed by atoms with E-state index in [4.69, 9.17) is 17.0 Å². The molecule has 1 saturated carbocycles. The molecule has 0 aromatic heterocycles. The fourth-order valence-corrected chi connectivity index (χ4v) is 4.82. The Morgan fingerprint density at radius 2 is 1.71 bits per heavy atom. The van der Waals surface area contributed by atoms with E-state index >= 15 is 0 Å². The normalized spacial score (nSPS) is 29.8. The Labute approximate surface area is 149 Å². The molecule has 0 amide bonds. The van der Waals surface area contributed by atoms with Gasteiger partial charge in [-0.1, -0.05) is 6.42 Å². The van der Waals surface area contributed by atoms with Gasteiger partial charge >= 0.3 is 0 Å². The van der Waals surface area contributed by atoms with Crippen molar-refractivity contribution in [3.63, 3.8) is 0 Å². The molecule has 3 atom stereocenters. The van der Waals surface area contributed by atoms with Crippen LogP contribution in [0.15, 0.2) is 24.3 Å². The highest BCUT2D eigenvalue weighted by Gasteiger charge is 2.44. The van der Waals surface area contributed by atoms with Crippen molar-refractivity contribution in [2.75, 3.05) is 12.4 Å². The zero-order chi connectivity index (χ0) is 16.5. The lowest BCUT2D eigenvalue weighted by Gasteiger charge is -2.49. The standard InChI is InChI=1S/C19H27N3OS/c1-23-18-9-5-13(6-10-18)20-19(24)21-14-11-16-3-2-4-17(12-14)22(16)15-7-8-15/h5-6,9-10,14-17H,2-4,7-8,11-12H2,1H3,(H2,20,21,24)/t14?,16-,17+. The third-order valence-corrected chi connectivity index (χ3v) is 5.90. The number of fused-ring (bicyclic) bond motifs is 2. The van der Waals surface area contributed by atoms with Crippen LogP contribution in [0, 0.1) is 0 Å². The molecule has 4 nitrogen and oxygen atoms in total.